The van der Waals surface area contributed by atoms with E-state index in [1.807, 2.05) is 13.8 Å². The van der Waals surface area contributed by atoms with Crippen LogP contribution in [0, 0.1) is 0 Å². The van der Waals surface area contributed by atoms with Crippen LogP contribution in [0.4, 0.5) is 24.8 Å². The molecule has 1 N–H and O–H groups in total. The highest BCUT2D eigenvalue weighted by Crippen LogP contribution is 2.32. The van der Waals surface area contributed by atoms with Crippen LogP contribution in [-0.4, -0.2) is 25.1 Å². The van der Waals surface area contributed by atoms with E-state index < -0.39 is 11.7 Å². The van der Waals surface area contributed by atoms with Crippen LogP contribution in [0.2, 0.25) is 0 Å². The molecule has 1 aromatic heterocycles. The van der Waals surface area contributed by atoms with Gasteiger partial charge in [0.05, 0.1) is 5.56 Å². The summed E-state index contributed by atoms with van der Waals surface area (Å²) in [5.74, 6) is 0.515. The van der Waals surface area contributed by atoms with Gasteiger partial charge in [-0.25, -0.2) is 4.98 Å². The third kappa shape index (κ3) is 3.25. The van der Waals surface area contributed by atoms with Crippen LogP contribution in [0.1, 0.15) is 19.4 Å². The second-order valence-electron chi connectivity index (χ2n) is 4.05. The van der Waals surface area contributed by atoms with Crippen LogP contribution in [0.15, 0.2) is 12.1 Å². The van der Waals surface area contributed by atoms with Crippen molar-refractivity contribution in [1.29, 1.82) is 0 Å². The highest BCUT2D eigenvalue weighted by atomic mass is 19.4. The molecule has 1 aromatic rings. The van der Waals surface area contributed by atoms with Gasteiger partial charge in [0, 0.05) is 20.1 Å². The van der Waals surface area contributed by atoms with Gasteiger partial charge in [0.2, 0.25) is 0 Å². The molecule has 0 aliphatic heterocycles. The summed E-state index contributed by atoms with van der Waals surface area (Å²) in [6.07, 6.45) is -4.36. The van der Waals surface area contributed by atoms with E-state index >= 15 is 0 Å². The topological polar surface area (TPSA) is 28.2 Å². The fraction of sp³-hybridized carbons (Fsp3) is 0.545. The van der Waals surface area contributed by atoms with Gasteiger partial charge in [0.15, 0.2) is 0 Å². The number of halogens is 3. The number of aromatic nitrogens is 1. The van der Waals surface area contributed by atoms with E-state index in [0.717, 1.165) is 12.1 Å². The van der Waals surface area contributed by atoms with Crippen molar-refractivity contribution in [2.75, 3.05) is 24.3 Å². The number of rotatable bonds is 3. The molecular formula is C11H16F3N3. The van der Waals surface area contributed by atoms with Gasteiger partial charge in [0.1, 0.15) is 11.6 Å². The minimum atomic E-state index is -4.36. The van der Waals surface area contributed by atoms with Crippen molar-refractivity contribution in [2.24, 2.45) is 0 Å². The first kappa shape index (κ1) is 13.6. The molecule has 0 radical (unpaired) electrons. The number of nitrogens with one attached hydrogen (secondary N) is 1. The molecule has 0 aliphatic carbocycles. The summed E-state index contributed by atoms with van der Waals surface area (Å²) in [6.45, 7) is 3.78. The zero-order chi connectivity index (χ0) is 13.2. The maximum atomic E-state index is 12.7. The fourth-order valence-corrected chi connectivity index (χ4v) is 1.25. The minimum Gasteiger partial charge on any atom is -0.373 e. The standard InChI is InChI=1S/C11H16F3N3/c1-7(2)17(4)10-6-8(11(12,13)14)5-9(15-3)16-10/h5-7H,1-4H3,(H,15,16). The molecule has 0 aromatic carbocycles. The van der Waals surface area contributed by atoms with E-state index in [2.05, 4.69) is 10.3 Å². The van der Waals surface area contributed by atoms with Crippen molar-refractivity contribution in [1.82, 2.24) is 4.98 Å². The van der Waals surface area contributed by atoms with Crippen LogP contribution in [0.3, 0.4) is 0 Å². The average molecular weight is 247 g/mol. The molecule has 0 amide bonds. The molecule has 1 heterocycles. The van der Waals surface area contributed by atoms with Gasteiger partial charge in [-0.05, 0) is 26.0 Å². The minimum absolute atomic E-state index is 0.0793. The zero-order valence-corrected chi connectivity index (χ0v) is 10.3. The molecule has 1 rings (SSSR count). The first-order valence-electron chi connectivity index (χ1n) is 5.25. The Bertz CT molecular complexity index is 388. The third-order valence-corrected chi connectivity index (χ3v) is 2.53. The molecular weight excluding hydrogens is 231 g/mol. The molecule has 0 fully saturated rings. The quantitative estimate of drug-likeness (QED) is 0.890. The van der Waals surface area contributed by atoms with Crippen molar-refractivity contribution in [2.45, 2.75) is 26.1 Å². The molecule has 0 saturated heterocycles. The van der Waals surface area contributed by atoms with Gasteiger partial charge >= 0.3 is 6.18 Å². The predicted molar refractivity (Wildman–Crippen MR) is 62.3 cm³/mol. The Kier molecular flexibility index (Phi) is 3.85. The lowest BCUT2D eigenvalue weighted by atomic mass is 10.2. The highest BCUT2D eigenvalue weighted by Gasteiger charge is 2.32. The number of pyridine rings is 1. The maximum absolute atomic E-state index is 12.7. The van der Waals surface area contributed by atoms with Crippen LogP contribution in [0.5, 0.6) is 0 Å². The number of alkyl halides is 3. The predicted octanol–water partition coefficient (Wildman–Crippen LogP) is 2.99. The first-order chi connectivity index (χ1) is 7.75. The van der Waals surface area contributed by atoms with Crippen LogP contribution in [0.25, 0.3) is 0 Å². The molecule has 17 heavy (non-hydrogen) atoms. The molecule has 96 valence electrons. The smallest absolute Gasteiger partial charge is 0.373 e. The van der Waals surface area contributed by atoms with E-state index in [4.69, 9.17) is 0 Å². The second-order valence-corrected chi connectivity index (χ2v) is 4.05. The Hall–Kier alpha value is -1.46. The van der Waals surface area contributed by atoms with Crippen molar-refractivity contribution in [3.8, 4) is 0 Å². The SMILES string of the molecule is CNc1cc(C(F)(F)F)cc(N(C)C(C)C)n1. The average Bonchev–Trinajstić information content (AvgIpc) is 2.26. The maximum Gasteiger partial charge on any atom is 0.416 e. The summed E-state index contributed by atoms with van der Waals surface area (Å²) in [4.78, 5) is 5.79. The lowest BCUT2D eigenvalue weighted by Crippen LogP contribution is -2.27. The summed E-state index contributed by atoms with van der Waals surface area (Å²) in [7, 11) is 3.26. The molecule has 0 spiro atoms. The van der Waals surface area contributed by atoms with E-state index in [-0.39, 0.29) is 11.9 Å². The lowest BCUT2D eigenvalue weighted by molar-refractivity contribution is -0.137. The van der Waals surface area contributed by atoms with Crippen molar-refractivity contribution < 1.29 is 13.2 Å². The van der Waals surface area contributed by atoms with Gasteiger partial charge in [0.25, 0.3) is 0 Å². The summed E-state index contributed by atoms with van der Waals surface area (Å²) in [5.41, 5.74) is -0.695. The van der Waals surface area contributed by atoms with Crippen molar-refractivity contribution >= 4 is 11.6 Å². The summed E-state index contributed by atoms with van der Waals surface area (Å²) in [6, 6.07) is 2.13. The molecule has 0 unspecified atom stereocenters. The van der Waals surface area contributed by atoms with E-state index in [9.17, 15) is 13.2 Å². The molecule has 0 saturated carbocycles. The molecule has 0 bridgehead atoms. The van der Waals surface area contributed by atoms with Gasteiger partial charge in [-0.2, -0.15) is 13.2 Å². The second kappa shape index (κ2) is 4.81. The largest absolute Gasteiger partial charge is 0.416 e. The number of hydrogen-bond acceptors (Lipinski definition) is 3. The Morgan fingerprint density at radius 1 is 1.29 bits per heavy atom. The number of anilines is 2. The molecule has 0 atom stereocenters. The van der Waals surface area contributed by atoms with E-state index in [0.29, 0.717) is 5.82 Å². The van der Waals surface area contributed by atoms with Crippen LogP contribution in [-0.2, 0) is 6.18 Å². The van der Waals surface area contributed by atoms with Crippen LogP contribution < -0.4 is 10.2 Å². The van der Waals surface area contributed by atoms with Crippen molar-refractivity contribution in [3.63, 3.8) is 0 Å². The van der Waals surface area contributed by atoms with E-state index in [1.165, 1.54) is 0 Å². The highest BCUT2D eigenvalue weighted by molar-refractivity contribution is 5.51. The number of hydrogen-bond donors (Lipinski definition) is 1. The molecule has 6 heteroatoms. The van der Waals surface area contributed by atoms with Gasteiger partial charge in [-0.1, -0.05) is 0 Å². The zero-order valence-electron chi connectivity index (χ0n) is 10.3. The van der Waals surface area contributed by atoms with Gasteiger partial charge in [-0.3, -0.25) is 0 Å². The molecule has 0 aliphatic rings. The molecule has 3 nitrogen and oxygen atoms in total. The van der Waals surface area contributed by atoms with E-state index in [1.54, 1.807) is 19.0 Å². The Morgan fingerprint density at radius 3 is 2.29 bits per heavy atom. The summed E-state index contributed by atoms with van der Waals surface area (Å²) in [5, 5.41) is 2.64. The summed E-state index contributed by atoms with van der Waals surface area (Å²) < 4.78 is 38.0. The van der Waals surface area contributed by atoms with Gasteiger partial charge in [-0.15, -0.1) is 0 Å². The lowest BCUT2D eigenvalue weighted by Gasteiger charge is -2.24. The number of nitrogens with zero attached hydrogens (tertiary/aromatic N) is 2. The van der Waals surface area contributed by atoms with Crippen molar-refractivity contribution in [3.05, 3.63) is 17.7 Å². The van der Waals surface area contributed by atoms with Crippen LogP contribution >= 0.6 is 0 Å². The summed E-state index contributed by atoms with van der Waals surface area (Å²) >= 11 is 0. The Labute approximate surface area is 98.6 Å². The first-order valence-corrected chi connectivity index (χ1v) is 5.25. The fourth-order valence-electron chi connectivity index (χ4n) is 1.25. The Balaban J connectivity index is 3.23. The third-order valence-electron chi connectivity index (χ3n) is 2.53. The normalized spacial score (nSPS) is 11.8. The monoisotopic (exact) mass is 247 g/mol. The Morgan fingerprint density at radius 2 is 1.88 bits per heavy atom. The van der Waals surface area contributed by atoms with Gasteiger partial charge < -0.3 is 10.2 Å².